The van der Waals surface area contributed by atoms with Crippen molar-refractivity contribution in [2.75, 3.05) is 0 Å². The summed E-state index contributed by atoms with van der Waals surface area (Å²) >= 11 is 0. The van der Waals surface area contributed by atoms with Crippen LogP contribution in [-0.2, 0) is 0 Å². The first-order chi connectivity index (χ1) is 7.65. The molecule has 2 rings (SSSR count). The smallest absolute Gasteiger partial charge is 0.354 e. The highest BCUT2D eigenvalue weighted by molar-refractivity contribution is 5.85. The molecule has 0 radical (unpaired) electrons. The molecule has 1 aromatic heterocycles. The van der Waals surface area contributed by atoms with E-state index < -0.39 is 5.97 Å². The molecule has 0 amide bonds. The minimum absolute atomic E-state index is 0.0454. The van der Waals surface area contributed by atoms with Crippen LogP contribution in [0.5, 0.6) is 11.8 Å². The summed E-state index contributed by atoms with van der Waals surface area (Å²) in [7, 11) is 0. The molecular weight excluding hydrogens is 215 g/mol. The lowest BCUT2D eigenvalue weighted by Crippen LogP contribution is -1.95. The summed E-state index contributed by atoms with van der Waals surface area (Å²) in [5.41, 5.74) is -0.0721. The van der Waals surface area contributed by atoms with Gasteiger partial charge >= 0.3 is 5.97 Å². The van der Waals surface area contributed by atoms with Crippen molar-refractivity contribution in [3.05, 3.63) is 42.0 Å². The second kappa shape index (κ2) is 4.01. The molecule has 6 heteroatoms. The number of carbonyl (C=O) groups is 1. The maximum Gasteiger partial charge on any atom is 0.354 e. The SMILES string of the molecule is O=C(O)c1cnc(Oc2ccc(F)cc2)[nH]1. The Labute approximate surface area is 89.5 Å². The topological polar surface area (TPSA) is 75.2 Å². The molecule has 0 saturated carbocycles. The van der Waals surface area contributed by atoms with Crippen LogP contribution in [0.1, 0.15) is 10.5 Å². The number of carboxylic acids is 1. The molecule has 0 aliphatic heterocycles. The Hall–Kier alpha value is -2.37. The molecule has 0 saturated heterocycles. The first kappa shape index (κ1) is 10.2. The number of carboxylic acid groups (broad SMARTS) is 1. The van der Waals surface area contributed by atoms with Gasteiger partial charge in [-0.1, -0.05) is 0 Å². The van der Waals surface area contributed by atoms with Crippen molar-refractivity contribution in [3.8, 4) is 11.8 Å². The normalized spacial score (nSPS) is 10.1. The van der Waals surface area contributed by atoms with Gasteiger partial charge in [0, 0.05) is 0 Å². The lowest BCUT2D eigenvalue weighted by atomic mass is 10.3. The van der Waals surface area contributed by atoms with E-state index >= 15 is 0 Å². The Bertz CT molecular complexity index is 507. The minimum Gasteiger partial charge on any atom is -0.477 e. The fourth-order valence-electron chi connectivity index (χ4n) is 1.08. The van der Waals surface area contributed by atoms with E-state index in [1.165, 1.54) is 24.3 Å². The van der Waals surface area contributed by atoms with Gasteiger partial charge in [0.15, 0.2) is 0 Å². The number of nitrogens with one attached hydrogen (secondary N) is 1. The summed E-state index contributed by atoms with van der Waals surface area (Å²) in [6.07, 6.45) is 1.14. The molecule has 0 bridgehead atoms. The number of H-pyrrole nitrogens is 1. The number of benzene rings is 1. The van der Waals surface area contributed by atoms with Crippen molar-refractivity contribution in [3.63, 3.8) is 0 Å². The number of nitrogens with zero attached hydrogens (tertiary/aromatic N) is 1. The molecule has 1 aromatic carbocycles. The van der Waals surface area contributed by atoms with Gasteiger partial charge in [-0.05, 0) is 24.3 Å². The van der Waals surface area contributed by atoms with Gasteiger partial charge in [-0.3, -0.25) is 0 Å². The fourth-order valence-corrected chi connectivity index (χ4v) is 1.08. The lowest BCUT2D eigenvalue weighted by molar-refractivity contribution is 0.0690. The second-order valence-electron chi connectivity index (χ2n) is 2.96. The van der Waals surface area contributed by atoms with Gasteiger partial charge in [0.1, 0.15) is 17.3 Å². The molecule has 0 unspecified atom stereocenters. The van der Waals surface area contributed by atoms with Crippen LogP contribution in [0.2, 0.25) is 0 Å². The van der Waals surface area contributed by atoms with Crippen molar-refractivity contribution in [2.45, 2.75) is 0 Å². The molecule has 0 aliphatic carbocycles. The van der Waals surface area contributed by atoms with Gasteiger partial charge in [-0.25, -0.2) is 14.2 Å². The molecule has 82 valence electrons. The maximum absolute atomic E-state index is 12.6. The van der Waals surface area contributed by atoms with Gasteiger partial charge in [0.2, 0.25) is 0 Å². The van der Waals surface area contributed by atoms with Gasteiger partial charge in [-0.15, -0.1) is 0 Å². The van der Waals surface area contributed by atoms with Gasteiger partial charge in [0.25, 0.3) is 6.01 Å². The monoisotopic (exact) mass is 222 g/mol. The molecule has 5 nitrogen and oxygen atoms in total. The number of aromatic amines is 1. The summed E-state index contributed by atoms with van der Waals surface area (Å²) < 4.78 is 17.7. The Kier molecular flexibility index (Phi) is 2.55. The Morgan fingerprint density at radius 1 is 1.38 bits per heavy atom. The summed E-state index contributed by atoms with van der Waals surface area (Å²) in [5.74, 6) is -1.13. The quantitative estimate of drug-likeness (QED) is 0.833. The number of aromatic nitrogens is 2. The van der Waals surface area contributed by atoms with Crippen LogP contribution in [0.4, 0.5) is 4.39 Å². The standard InChI is InChI=1S/C10H7FN2O3/c11-6-1-3-7(4-2-6)16-10-12-5-8(13-10)9(14)15/h1-5H,(H,12,13)(H,14,15). The zero-order valence-corrected chi connectivity index (χ0v) is 7.98. The van der Waals surface area contributed by atoms with Crippen molar-refractivity contribution in [1.82, 2.24) is 9.97 Å². The van der Waals surface area contributed by atoms with Crippen LogP contribution in [0.3, 0.4) is 0 Å². The van der Waals surface area contributed by atoms with Crippen molar-refractivity contribution in [2.24, 2.45) is 0 Å². The molecule has 2 N–H and O–H groups in total. The fraction of sp³-hybridized carbons (Fsp3) is 0. The number of aromatic carboxylic acids is 1. The summed E-state index contributed by atoms with van der Waals surface area (Å²) in [4.78, 5) is 16.7. The van der Waals surface area contributed by atoms with Crippen LogP contribution in [0.25, 0.3) is 0 Å². The summed E-state index contributed by atoms with van der Waals surface area (Å²) in [5, 5.41) is 8.62. The second-order valence-corrected chi connectivity index (χ2v) is 2.96. The van der Waals surface area contributed by atoms with Gasteiger partial charge in [0.05, 0.1) is 6.20 Å². The zero-order chi connectivity index (χ0) is 11.5. The molecular formula is C10H7FN2O3. The first-order valence-corrected chi connectivity index (χ1v) is 4.37. The van der Waals surface area contributed by atoms with Crippen LogP contribution in [0, 0.1) is 5.82 Å². The highest BCUT2D eigenvalue weighted by Crippen LogP contribution is 2.18. The number of halogens is 1. The first-order valence-electron chi connectivity index (χ1n) is 4.37. The Balaban J connectivity index is 2.14. The largest absolute Gasteiger partial charge is 0.477 e. The van der Waals surface area contributed by atoms with E-state index in [4.69, 9.17) is 9.84 Å². The molecule has 0 fully saturated rings. The molecule has 0 atom stereocenters. The van der Waals surface area contributed by atoms with Gasteiger partial charge in [-0.2, -0.15) is 0 Å². The predicted molar refractivity (Wildman–Crippen MR) is 52.0 cm³/mol. The molecule has 0 aliphatic rings. The van der Waals surface area contributed by atoms with Crippen molar-refractivity contribution < 1.29 is 19.0 Å². The maximum atomic E-state index is 12.6. The number of ether oxygens (including phenoxy) is 1. The summed E-state index contributed by atoms with van der Waals surface area (Å²) in [6.45, 7) is 0. The molecule has 16 heavy (non-hydrogen) atoms. The van der Waals surface area contributed by atoms with E-state index in [9.17, 15) is 9.18 Å². The predicted octanol–water partition coefficient (Wildman–Crippen LogP) is 2.04. The van der Waals surface area contributed by atoms with Crippen LogP contribution in [0.15, 0.2) is 30.5 Å². The van der Waals surface area contributed by atoms with Crippen LogP contribution >= 0.6 is 0 Å². The van der Waals surface area contributed by atoms with Crippen molar-refractivity contribution >= 4 is 5.97 Å². The third-order valence-electron chi connectivity index (χ3n) is 1.81. The van der Waals surface area contributed by atoms with E-state index in [1.54, 1.807) is 0 Å². The number of imidazole rings is 1. The average molecular weight is 222 g/mol. The van der Waals surface area contributed by atoms with E-state index in [-0.39, 0.29) is 17.5 Å². The molecule has 1 heterocycles. The van der Waals surface area contributed by atoms with Gasteiger partial charge < -0.3 is 14.8 Å². The Morgan fingerprint density at radius 3 is 2.62 bits per heavy atom. The number of hydrogen-bond donors (Lipinski definition) is 2. The highest BCUT2D eigenvalue weighted by Gasteiger charge is 2.08. The van der Waals surface area contributed by atoms with Crippen LogP contribution < -0.4 is 4.74 Å². The third-order valence-corrected chi connectivity index (χ3v) is 1.81. The van der Waals surface area contributed by atoms with Crippen LogP contribution in [-0.4, -0.2) is 21.0 Å². The number of rotatable bonds is 3. The van der Waals surface area contributed by atoms with Crippen molar-refractivity contribution in [1.29, 1.82) is 0 Å². The molecule has 2 aromatic rings. The zero-order valence-electron chi connectivity index (χ0n) is 7.98. The minimum atomic E-state index is -1.12. The lowest BCUT2D eigenvalue weighted by Gasteiger charge is -2.00. The number of hydrogen-bond acceptors (Lipinski definition) is 3. The van der Waals surface area contributed by atoms with E-state index in [0.29, 0.717) is 5.75 Å². The summed E-state index contributed by atoms with van der Waals surface area (Å²) in [6, 6.07) is 5.34. The van der Waals surface area contributed by atoms with E-state index in [2.05, 4.69) is 9.97 Å². The van der Waals surface area contributed by atoms with E-state index in [0.717, 1.165) is 6.20 Å². The highest BCUT2D eigenvalue weighted by atomic mass is 19.1. The molecule has 0 spiro atoms. The van der Waals surface area contributed by atoms with E-state index in [1.807, 2.05) is 0 Å². The third kappa shape index (κ3) is 2.17. The Morgan fingerprint density at radius 2 is 2.06 bits per heavy atom. The average Bonchev–Trinajstić information content (AvgIpc) is 2.70.